The second kappa shape index (κ2) is 8.56. The largest absolute Gasteiger partial charge is 0.497 e. The number of ether oxygens (including phenoxy) is 4. The van der Waals surface area contributed by atoms with Crippen LogP contribution in [0.15, 0.2) is 42.0 Å². The van der Waals surface area contributed by atoms with Crippen molar-refractivity contribution in [3.8, 4) is 23.0 Å². The molecule has 2 aromatic carbocycles. The topological polar surface area (TPSA) is 103 Å². The van der Waals surface area contributed by atoms with E-state index in [0.717, 1.165) is 4.90 Å². The molecule has 9 nitrogen and oxygen atoms in total. The number of nitrogens with one attached hydrogen (secondary N) is 1. The zero-order valence-electron chi connectivity index (χ0n) is 16.8. The fraction of sp³-hybridized carbons (Fsp3) is 0.190. The van der Waals surface area contributed by atoms with Crippen LogP contribution in [0, 0.1) is 0 Å². The van der Waals surface area contributed by atoms with Crippen molar-refractivity contribution in [2.24, 2.45) is 0 Å². The van der Waals surface area contributed by atoms with Crippen LogP contribution in [0.2, 0.25) is 0 Å². The smallest absolute Gasteiger partial charge is 0.335 e. The molecule has 0 unspecified atom stereocenters. The van der Waals surface area contributed by atoms with Crippen LogP contribution >= 0.6 is 0 Å². The molecule has 2 aromatic rings. The van der Waals surface area contributed by atoms with E-state index in [2.05, 4.69) is 5.32 Å². The zero-order valence-corrected chi connectivity index (χ0v) is 16.8. The number of urea groups is 1. The fourth-order valence-corrected chi connectivity index (χ4v) is 2.97. The summed E-state index contributed by atoms with van der Waals surface area (Å²) in [6.07, 6.45) is 1.35. The van der Waals surface area contributed by atoms with Crippen molar-refractivity contribution in [2.45, 2.75) is 0 Å². The lowest BCUT2D eigenvalue weighted by molar-refractivity contribution is -0.122. The van der Waals surface area contributed by atoms with E-state index < -0.39 is 17.8 Å². The highest BCUT2D eigenvalue weighted by Gasteiger charge is 2.36. The average molecular weight is 412 g/mol. The van der Waals surface area contributed by atoms with Crippen molar-refractivity contribution in [3.05, 3.63) is 47.5 Å². The highest BCUT2D eigenvalue weighted by atomic mass is 16.5. The quantitative estimate of drug-likeness (QED) is 0.574. The van der Waals surface area contributed by atoms with E-state index in [0.29, 0.717) is 34.2 Å². The minimum Gasteiger partial charge on any atom is -0.497 e. The summed E-state index contributed by atoms with van der Waals surface area (Å²) in [6.45, 7) is 0. The van der Waals surface area contributed by atoms with E-state index in [9.17, 15) is 14.4 Å². The third-order valence-electron chi connectivity index (χ3n) is 4.43. The van der Waals surface area contributed by atoms with Gasteiger partial charge in [-0.2, -0.15) is 0 Å². The summed E-state index contributed by atoms with van der Waals surface area (Å²) in [7, 11) is 5.88. The molecule has 1 heterocycles. The molecule has 0 aliphatic carbocycles. The van der Waals surface area contributed by atoms with Crippen molar-refractivity contribution < 1.29 is 33.3 Å². The van der Waals surface area contributed by atoms with Crippen LogP contribution in [0.4, 0.5) is 10.5 Å². The van der Waals surface area contributed by atoms with Gasteiger partial charge in [-0.25, -0.2) is 9.69 Å². The van der Waals surface area contributed by atoms with Crippen LogP contribution in [-0.4, -0.2) is 46.3 Å². The average Bonchev–Trinajstić information content (AvgIpc) is 2.76. The van der Waals surface area contributed by atoms with Crippen LogP contribution in [0.1, 0.15) is 5.56 Å². The van der Waals surface area contributed by atoms with Crippen LogP contribution in [0.5, 0.6) is 23.0 Å². The SMILES string of the molecule is COc1ccc(N2C(=O)NC(=O)/C(=C/c3cc(OC)c(OC)c(OC)c3)C2=O)cc1. The molecule has 0 radical (unpaired) electrons. The Bertz CT molecular complexity index is 1000. The molecular weight excluding hydrogens is 392 g/mol. The van der Waals surface area contributed by atoms with Gasteiger partial charge in [-0.15, -0.1) is 0 Å². The second-order valence-electron chi connectivity index (χ2n) is 6.11. The zero-order chi connectivity index (χ0) is 21.8. The highest BCUT2D eigenvalue weighted by molar-refractivity contribution is 6.39. The van der Waals surface area contributed by atoms with E-state index in [-0.39, 0.29) is 5.57 Å². The van der Waals surface area contributed by atoms with Gasteiger partial charge in [-0.1, -0.05) is 0 Å². The van der Waals surface area contributed by atoms with E-state index >= 15 is 0 Å². The molecule has 1 fully saturated rings. The van der Waals surface area contributed by atoms with Gasteiger partial charge in [0.25, 0.3) is 11.8 Å². The molecule has 0 bridgehead atoms. The highest BCUT2D eigenvalue weighted by Crippen LogP contribution is 2.39. The Kier molecular flexibility index (Phi) is 5.91. The Hall–Kier alpha value is -4.01. The minimum atomic E-state index is -0.836. The lowest BCUT2D eigenvalue weighted by Gasteiger charge is -2.26. The van der Waals surface area contributed by atoms with Gasteiger partial charge < -0.3 is 18.9 Å². The number of methoxy groups -OCH3 is 4. The third kappa shape index (κ3) is 3.77. The molecule has 0 spiro atoms. The molecular formula is C21H20N2O7. The van der Waals surface area contributed by atoms with E-state index in [1.807, 2.05) is 0 Å². The summed E-state index contributed by atoms with van der Waals surface area (Å²) in [6, 6.07) is 8.64. The molecule has 1 aliphatic rings. The lowest BCUT2D eigenvalue weighted by atomic mass is 10.1. The maximum Gasteiger partial charge on any atom is 0.335 e. The van der Waals surface area contributed by atoms with Crippen LogP contribution in [0.3, 0.4) is 0 Å². The van der Waals surface area contributed by atoms with Crippen molar-refractivity contribution in [3.63, 3.8) is 0 Å². The maximum absolute atomic E-state index is 13.0. The van der Waals surface area contributed by atoms with Crippen molar-refractivity contribution >= 4 is 29.6 Å². The molecule has 1 saturated heterocycles. The number of nitrogens with zero attached hydrogens (tertiary/aromatic N) is 1. The minimum absolute atomic E-state index is 0.223. The first-order valence-corrected chi connectivity index (χ1v) is 8.79. The van der Waals surface area contributed by atoms with Crippen LogP contribution in [0.25, 0.3) is 6.08 Å². The first kappa shape index (κ1) is 20.7. The molecule has 0 aromatic heterocycles. The molecule has 3 rings (SSSR count). The molecule has 30 heavy (non-hydrogen) atoms. The van der Waals surface area contributed by atoms with E-state index in [1.165, 1.54) is 34.5 Å². The lowest BCUT2D eigenvalue weighted by Crippen LogP contribution is -2.54. The number of benzene rings is 2. The maximum atomic E-state index is 13.0. The molecule has 0 saturated carbocycles. The van der Waals surface area contributed by atoms with Crippen molar-refractivity contribution in [1.82, 2.24) is 5.32 Å². The molecule has 1 aliphatic heterocycles. The number of amides is 4. The summed E-state index contributed by atoms with van der Waals surface area (Å²) < 4.78 is 21.0. The normalized spacial score (nSPS) is 15.1. The van der Waals surface area contributed by atoms with Gasteiger partial charge >= 0.3 is 6.03 Å². The summed E-state index contributed by atoms with van der Waals surface area (Å²) in [4.78, 5) is 38.6. The number of carbonyl (C=O) groups excluding carboxylic acids is 3. The van der Waals surface area contributed by atoms with Gasteiger partial charge in [-0.05, 0) is 48.0 Å². The van der Waals surface area contributed by atoms with Crippen molar-refractivity contribution in [2.75, 3.05) is 33.3 Å². The first-order chi connectivity index (χ1) is 14.4. The van der Waals surface area contributed by atoms with Crippen molar-refractivity contribution in [1.29, 1.82) is 0 Å². The molecule has 4 amide bonds. The molecule has 9 heteroatoms. The Balaban J connectivity index is 2.04. The monoisotopic (exact) mass is 412 g/mol. The summed E-state index contributed by atoms with van der Waals surface area (Å²) in [5, 5.41) is 2.18. The molecule has 1 N–H and O–H groups in total. The van der Waals surface area contributed by atoms with Gasteiger partial charge in [0.2, 0.25) is 5.75 Å². The van der Waals surface area contributed by atoms with Gasteiger partial charge in [0.05, 0.1) is 34.1 Å². The Morgan fingerprint density at radius 1 is 0.833 bits per heavy atom. The van der Waals surface area contributed by atoms with Gasteiger partial charge in [-0.3, -0.25) is 14.9 Å². The van der Waals surface area contributed by atoms with E-state index in [1.54, 1.807) is 36.4 Å². The summed E-state index contributed by atoms with van der Waals surface area (Å²) in [5.41, 5.74) is 0.522. The van der Waals surface area contributed by atoms with Gasteiger partial charge in [0, 0.05) is 0 Å². The van der Waals surface area contributed by atoms with Gasteiger partial charge in [0.15, 0.2) is 11.5 Å². The summed E-state index contributed by atoms with van der Waals surface area (Å²) in [5.74, 6) is 0.0848. The van der Waals surface area contributed by atoms with Crippen LogP contribution < -0.4 is 29.2 Å². The van der Waals surface area contributed by atoms with Gasteiger partial charge in [0.1, 0.15) is 11.3 Å². The standard InChI is InChI=1S/C21H20N2O7/c1-27-14-7-5-13(6-8-14)23-20(25)15(19(24)22-21(23)26)9-12-10-16(28-2)18(30-4)17(11-12)29-3/h5-11H,1-4H3,(H,22,24,26)/b15-9-. The number of carbonyl (C=O) groups is 3. The first-order valence-electron chi connectivity index (χ1n) is 8.79. The molecule has 156 valence electrons. The van der Waals surface area contributed by atoms with Crippen LogP contribution in [-0.2, 0) is 9.59 Å². The fourth-order valence-electron chi connectivity index (χ4n) is 2.97. The predicted octanol–water partition coefficient (Wildman–Crippen LogP) is 2.39. The number of barbiturate groups is 1. The Morgan fingerprint density at radius 2 is 1.43 bits per heavy atom. The number of anilines is 1. The predicted molar refractivity (Wildman–Crippen MR) is 108 cm³/mol. The number of imide groups is 2. The third-order valence-corrected chi connectivity index (χ3v) is 4.43. The number of rotatable bonds is 6. The van der Waals surface area contributed by atoms with E-state index in [4.69, 9.17) is 18.9 Å². The number of hydrogen-bond acceptors (Lipinski definition) is 7. The number of hydrogen-bond donors (Lipinski definition) is 1. The Labute approximate surface area is 172 Å². The molecule has 0 atom stereocenters. The summed E-state index contributed by atoms with van der Waals surface area (Å²) >= 11 is 0. The second-order valence-corrected chi connectivity index (χ2v) is 6.11. The Morgan fingerprint density at radius 3 is 1.93 bits per heavy atom.